The lowest BCUT2D eigenvalue weighted by Gasteiger charge is -2.26. The summed E-state index contributed by atoms with van der Waals surface area (Å²) in [5, 5.41) is 3.65. The normalized spacial score (nSPS) is 22.1. The van der Waals surface area contributed by atoms with E-state index in [1.807, 2.05) is 0 Å². The van der Waals surface area contributed by atoms with Crippen molar-refractivity contribution >= 4 is 58.0 Å². The third-order valence-electron chi connectivity index (χ3n) is 3.60. The van der Waals surface area contributed by atoms with Gasteiger partial charge in [0.25, 0.3) is 5.91 Å². The molecule has 0 spiro atoms. The number of rotatable bonds is 3. The van der Waals surface area contributed by atoms with E-state index in [4.69, 9.17) is 46.4 Å². The number of anilines is 1. The van der Waals surface area contributed by atoms with E-state index in [1.165, 1.54) is 15.9 Å². The van der Waals surface area contributed by atoms with Gasteiger partial charge in [0.2, 0.25) is 0 Å². The number of nitrogens with one attached hydrogen (secondary N) is 3. The lowest BCUT2D eigenvalue weighted by atomic mass is 10.3. The van der Waals surface area contributed by atoms with Crippen molar-refractivity contribution in [3.63, 3.8) is 0 Å². The standard InChI is InChI=1S/C13H15Cl4N3O/c1-19-2-4-20(5-3-19)7-10(21)18-13-11(16)8(14)6-9(15)12(13)17/h6H,2-5,7H2,1H3,(H,18,21)/p+2. The fourth-order valence-electron chi connectivity index (χ4n) is 2.30. The monoisotopic (exact) mass is 371 g/mol. The van der Waals surface area contributed by atoms with Crippen molar-refractivity contribution in [2.24, 2.45) is 0 Å². The highest BCUT2D eigenvalue weighted by Gasteiger charge is 2.23. The maximum atomic E-state index is 12.1. The number of hydrogen-bond acceptors (Lipinski definition) is 1. The van der Waals surface area contributed by atoms with Crippen LogP contribution in [0.25, 0.3) is 0 Å². The van der Waals surface area contributed by atoms with Gasteiger partial charge in [-0.3, -0.25) is 4.79 Å². The highest BCUT2D eigenvalue weighted by molar-refractivity contribution is 6.50. The molecule has 1 heterocycles. The number of carbonyl (C=O) groups is 1. The zero-order valence-corrected chi connectivity index (χ0v) is 14.6. The molecule has 116 valence electrons. The van der Waals surface area contributed by atoms with Crippen LogP contribution in [0.15, 0.2) is 6.07 Å². The van der Waals surface area contributed by atoms with Crippen molar-refractivity contribution in [2.45, 2.75) is 0 Å². The summed E-state index contributed by atoms with van der Waals surface area (Å²) >= 11 is 24.0. The van der Waals surface area contributed by atoms with Gasteiger partial charge < -0.3 is 15.1 Å². The molecule has 1 aliphatic heterocycles. The Morgan fingerprint density at radius 3 is 2.14 bits per heavy atom. The largest absolute Gasteiger partial charge is 0.328 e. The summed E-state index contributed by atoms with van der Waals surface area (Å²) < 4.78 is 0. The van der Waals surface area contributed by atoms with Gasteiger partial charge in [-0.15, -0.1) is 0 Å². The van der Waals surface area contributed by atoms with Gasteiger partial charge in [-0.1, -0.05) is 46.4 Å². The first-order valence-corrected chi connectivity index (χ1v) is 8.17. The van der Waals surface area contributed by atoms with E-state index in [-0.39, 0.29) is 31.7 Å². The van der Waals surface area contributed by atoms with Crippen molar-refractivity contribution in [3.05, 3.63) is 26.2 Å². The molecule has 0 atom stereocenters. The van der Waals surface area contributed by atoms with E-state index < -0.39 is 0 Å². The Morgan fingerprint density at radius 1 is 1.10 bits per heavy atom. The predicted octanol–water partition coefficient (Wildman–Crippen LogP) is 0.652. The minimum absolute atomic E-state index is 0.147. The van der Waals surface area contributed by atoms with Crippen LogP contribution in [0.5, 0.6) is 0 Å². The minimum Gasteiger partial charge on any atom is -0.328 e. The minimum atomic E-state index is -0.147. The van der Waals surface area contributed by atoms with Gasteiger partial charge >= 0.3 is 0 Å². The van der Waals surface area contributed by atoms with Crippen LogP contribution in [-0.2, 0) is 4.79 Å². The molecule has 2 rings (SSSR count). The molecule has 3 N–H and O–H groups in total. The van der Waals surface area contributed by atoms with Crippen LogP contribution in [0.1, 0.15) is 0 Å². The van der Waals surface area contributed by atoms with E-state index in [0.717, 1.165) is 26.2 Å². The number of carbonyl (C=O) groups excluding carboxylic acids is 1. The van der Waals surface area contributed by atoms with E-state index in [9.17, 15) is 4.79 Å². The van der Waals surface area contributed by atoms with Gasteiger partial charge in [0.15, 0.2) is 6.54 Å². The second-order valence-electron chi connectivity index (χ2n) is 5.28. The first kappa shape index (κ1) is 17.1. The number of amides is 1. The molecular formula is C13H17Cl4N3O+2. The summed E-state index contributed by atoms with van der Waals surface area (Å²) in [5.74, 6) is -0.147. The SMILES string of the molecule is C[NH+]1CC[NH+](CC(=O)Nc2c(Cl)c(Cl)cc(Cl)c2Cl)CC1. The predicted molar refractivity (Wildman–Crippen MR) is 87.3 cm³/mol. The van der Waals surface area contributed by atoms with Crippen molar-refractivity contribution in [1.82, 2.24) is 0 Å². The Morgan fingerprint density at radius 2 is 1.62 bits per heavy atom. The Bertz CT molecular complexity index is 518. The molecule has 0 radical (unpaired) electrons. The molecule has 1 fully saturated rings. The number of quaternary nitrogens is 2. The van der Waals surface area contributed by atoms with Gasteiger partial charge in [0, 0.05) is 0 Å². The van der Waals surface area contributed by atoms with Crippen molar-refractivity contribution < 1.29 is 14.6 Å². The third-order valence-corrected chi connectivity index (χ3v) is 5.17. The fraction of sp³-hybridized carbons (Fsp3) is 0.462. The zero-order chi connectivity index (χ0) is 15.6. The highest BCUT2D eigenvalue weighted by Crippen LogP contribution is 2.40. The maximum Gasteiger partial charge on any atom is 0.279 e. The number of hydrogen-bond donors (Lipinski definition) is 3. The molecule has 0 aromatic heterocycles. The average Bonchev–Trinajstić information content (AvgIpc) is 2.44. The fourth-order valence-corrected chi connectivity index (χ4v) is 3.20. The van der Waals surface area contributed by atoms with Gasteiger partial charge in [-0.05, 0) is 6.07 Å². The first-order chi connectivity index (χ1) is 9.88. The molecule has 1 aliphatic rings. The van der Waals surface area contributed by atoms with Crippen LogP contribution in [0, 0.1) is 0 Å². The summed E-state index contributed by atoms with van der Waals surface area (Å²) in [4.78, 5) is 14.9. The summed E-state index contributed by atoms with van der Waals surface area (Å²) in [6.45, 7) is 4.44. The number of piperazine rings is 1. The number of benzene rings is 1. The molecule has 0 saturated carbocycles. The number of likely N-dealkylation sites (N-methyl/N-ethyl adjacent to an activating group) is 1. The van der Waals surface area contributed by atoms with Gasteiger partial charge in [0.1, 0.15) is 26.2 Å². The van der Waals surface area contributed by atoms with Gasteiger partial charge in [-0.2, -0.15) is 0 Å². The second-order valence-corrected chi connectivity index (χ2v) is 6.85. The van der Waals surface area contributed by atoms with Crippen LogP contribution in [0.2, 0.25) is 20.1 Å². The van der Waals surface area contributed by atoms with E-state index in [1.54, 1.807) is 0 Å². The van der Waals surface area contributed by atoms with E-state index in [0.29, 0.717) is 6.54 Å². The molecule has 0 unspecified atom stereocenters. The Kier molecular flexibility index (Phi) is 6.00. The van der Waals surface area contributed by atoms with Crippen LogP contribution < -0.4 is 15.1 Å². The lowest BCUT2D eigenvalue weighted by Crippen LogP contribution is -3.27. The average molecular weight is 373 g/mol. The second kappa shape index (κ2) is 7.36. The van der Waals surface area contributed by atoms with E-state index in [2.05, 4.69) is 12.4 Å². The molecule has 21 heavy (non-hydrogen) atoms. The molecule has 0 bridgehead atoms. The molecule has 0 aliphatic carbocycles. The molecule has 4 nitrogen and oxygen atoms in total. The van der Waals surface area contributed by atoms with E-state index >= 15 is 0 Å². The van der Waals surface area contributed by atoms with Crippen molar-refractivity contribution in [3.8, 4) is 0 Å². The Balaban J connectivity index is 2.03. The summed E-state index contributed by atoms with van der Waals surface area (Å²) in [7, 11) is 2.16. The smallest absolute Gasteiger partial charge is 0.279 e. The van der Waals surface area contributed by atoms with Gasteiger partial charge in [0.05, 0.1) is 32.8 Å². The van der Waals surface area contributed by atoms with Crippen molar-refractivity contribution in [2.75, 3.05) is 45.1 Å². The summed E-state index contributed by atoms with van der Waals surface area (Å²) in [6, 6.07) is 1.46. The molecule has 1 saturated heterocycles. The van der Waals surface area contributed by atoms with Crippen molar-refractivity contribution in [1.29, 1.82) is 0 Å². The summed E-state index contributed by atoms with van der Waals surface area (Å²) in [5.41, 5.74) is 0.278. The molecule has 1 aromatic rings. The third kappa shape index (κ3) is 4.38. The van der Waals surface area contributed by atoms with Gasteiger partial charge in [-0.25, -0.2) is 0 Å². The topological polar surface area (TPSA) is 38.0 Å². The first-order valence-electron chi connectivity index (χ1n) is 6.66. The van der Waals surface area contributed by atoms with Crippen LogP contribution in [0.3, 0.4) is 0 Å². The molecular weight excluding hydrogens is 356 g/mol. The summed E-state index contributed by atoms with van der Waals surface area (Å²) in [6.07, 6.45) is 0. The highest BCUT2D eigenvalue weighted by atomic mass is 35.5. The molecule has 8 heteroatoms. The zero-order valence-electron chi connectivity index (χ0n) is 11.5. The maximum absolute atomic E-state index is 12.1. The molecule has 1 amide bonds. The quantitative estimate of drug-likeness (QED) is 0.670. The van der Waals surface area contributed by atoms with Crippen LogP contribution in [-0.4, -0.2) is 45.7 Å². The Labute approximate surface area is 143 Å². The van der Waals surface area contributed by atoms with Crippen LogP contribution in [0.4, 0.5) is 5.69 Å². The lowest BCUT2D eigenvalue weighted by molar-refractivity contribution is -0.999. The van der Waals surface area contributed by atoms with Crippen LogP contribution >= 0.6 is 46.4 Å². The molecule has 1 aromatic carbocycles. The number of halogens is 4. The Hall–Kier alpha value is -0.230.